The molecule has 1 aliphatic rings. The van der Waals surface area contributed by atoms with Gasteiger partial charge in [0.25, 0.3) is 5.69 Å². The van der Waals surface area contributed by atoms with Gasteiger partial charge in [-0.1, -0.05) is 11.6 Å². The molecule has 2 rings (SSSR count). The largest absolute Gasteiger partial charge is 0.316 e. The standard InChI is InChI=1S/C12H13ClN2O3/c13-10-1-2-11(15(17)18)8(6-10)5-9-7-14-4-3-12(9)16/h1-2,6,9,14H,3-5,7H2. The normalized spacial score (nSPS) is 19.8. The minimum Gasteiger partial charge on any atom is -0.316 e. The minimum atomic E-state index is -0.438. The maximum absolute atomic E-state index is 11.7. The van der Waals surface area contributed by atoms with Gasteiger partial charge in [0.05, 0.1) is 4.92 Å². The van der Waals surface area contributed by atoms with Crippen LogP contribution in [-0.2, 0) is 11.2 Å². The van der Waals surface area contributed by atoms with Gasteiger partial charge in [-0.3, -0.25) is 14.9 Å². The lowest BCUT2D eigenvalue weighted by Crippen LogP contribution is -2.38. The highest BCUT2D eigenvalue weighted by molar-refractivity contribution is 6.30. The lowest BCUT2D eigenvalue weighted by molar-refractivity contribution is -0.385. The van der Waals surface area contributed by atoms with Crippen LogP contribution in [0.5, 0.6) is 0 Å². The zero-order valence-electron chi connectivity index (χ0n) is 9.69. The third-order valence-corrected chi connectivity index (χ3v) is 3.33. The molecule has 0 saturated carbocycles. The monoisotopic (exact) mass is 268 g/mol. The third kappa shape index (κ3) is 2.86. The first-order valence-electron chi connectivity index (χ1n) is 5.74. The van der Waals surface area contributed by atoms with Crippen molar-refractivity contribution in [1.29, 1.82) is 0 Å². The van der Waals surface area contributed by atoms with Gasteiger partial charge in [0, 0.05) is 42.1 Å². The summed E-state index contributed by atoms with van der Waals surface area (Å²) in [6, 6.07) is 4.45. The fraction of sp³-hybridized carbons (Fsp3) is 0.417. The molecule has 1 aliphatic heterocycles. The number of carbonyl (C=O) groups is 1. The van der Waals surface area contributed by atoms with E-state index in [1.54, 1.807) is 6.07 Å². The minimum absolute atomic E-state index is 0.0257. The molecule has 18 heavy (non-hydrogen) atoms. The number of rotatable bonds is 3. The molecule has 0 radical (unpaired) electrons. The number of ketones is 1. The molecule has 1 heterocycles. The van der Waals surface area contributed by atoms with Crippen molar-refractivity contribution in [3.63, 3.8) is 0 Å². The van der Waals surface area contributed by atoms with Gasteiger partial charge in [-0.15, -0.1) is 0 Å². The second-order valence-electron chi connectivity index (χ2n) is 4.35. The lowest BCUT2D eigenvalue weighted by atomic mass is 9.90. The van der Waals surface area contributed by atoms with Crippen LogP contribution in [0.15, 0.2) is 18.2 Å². The van der Waals surface area contributed by atoms with Crippen molar-refractivity contribution in [3.05, 3.63) is 38.9 Å². The summed E-state index contributed by atoms with van der Waals surface area (Å²) in [5.41, 5.74) is 0.548. The zero-order chi connectivity index (χ0) is 13.1. The summed E-state index contributed by atoms with van der Waals surface area (Å²) in [4.78, 5) is 22.2. The summed E-state index contributed by atoms with van der Waals surface area (Å²) in [5.74, 6) is -0.0426. The number of benzene rings is 1. The Bertz CT molecular complexity index is 490. The molecule has 1 fully saturated rings. The molecule has 1 atom stereocenters. The molecule has 1 saturated heterocycles. The van der Waals surface area contributed by atoms with E-state index in [-0.39, 0.29) is 17.4 Å². The first kappa shape index (κ1) is 13.0. The molecule has 0 spiro atoms. The molecule has 0 aromatic heterocycles. The van der Waals surface area contributed by atoms with Crippen molar-refractivity contribution in [2.45, 2.75) is 12.8 Å². The Labute approximate surface area is 109 Å². The Hall–Kier alpha value is -1.46. The molecule has 1 aromatic carbocycles. The van der Waals surface area contributed by atoms with Gasteiger partial charge >= 0.3 is 0 Å². The molecular weight excluding hydrogens is 256 g/mol. The highest BCUT2D eigenvalue weighted by atomic mass is 35.5. The van der Waals surface area contributed by atoms with E-state index in [0.717, 1.165) is 0 Å². The number of halogens is 1. The van der Waals surface area contributed by atoms with Crippen LogP contribution in [0.25, 0.3) is 0 Å². The average Bonchev–Trinajstić information content (AvgIpc) is 2.32. The molecular formula is C12H13ClN2O3. The van der Waals surface area contributed by atoms with Crippen molar-refractivity contribution >= 4 is 23.1 Å². The third-order valence-electron chi connectivity index (χ3n) is 3.10. The van der Waals surface area contributed by atoms with Gasteiger partial charge in [0.2, 0.25) is 0 Å². The summed E-state index contributed by atoms with van der Waals surface area (Å²) in [6.45, 7) is 1.26. The van der Waals surface area contributed by atoms with Crippen LogP contribution in [-0.4, -0.2) is 23.8 Å². The quantitative estimate of drug-likeness (QED) is 0.672. The average molecular weight is 269 g/mol. The highest BCUT2D eigenvalue weighted by Gasteiger charge is 2.25. The Morgan fingerprint density at radius 1 is 1.50 bits per heavy atom. The molecule has 6 heteroatoms. The molecule has 0 aliphatic carbocycles. The Kier molecular flexibility index (Phi) is 3.93. The van der Waals surface area contributed by atoms with Gasteiger partial charge < -0.3 is 5.32 Å². The van der Waals surface area contributed by atoms with Gasteiger partial charge in [-0.2, -0.15) is 0 Å². The van der Waals surface area contributed by atoms with Gasteiger partial charge in [0.1, 0.15) is 5.78 Å². The fourth-order valence-corrected chi connectivity index (χ4v) is 2.35. The lowest BCUT2D eigenvalue weighted by Gasteiger charge is -2.21. The van der Waals surface area contributed by atoms with Gasteiger partial charge in [-0.25, -0.2) is 0 Å². The zero-order valence-corrected chi connectivity index (χ0v) is 10.4. The summed E-state index contributed by atoms with van der Waals surface area (Å²) in [6.07, 6.45) is 0.849. The van der Waals surface area contributed by atoms with Crippen molar-refractivity contribution in [2.75, 3.05) is 13.1 Å². The number of nitro groups is 1. The predicted molar refractivity (Wildman–Crippen MR) is 67.8 cm³/mol. The second kappa shape index (κ2) is 5.46. The number of nitrogens with one attached hydrogen (secondary N) is 1. The summed E-state index contributed by atoms with van der Waals surface area (Å²) in [7, 11) is 0. The van der Waals surface area contributed by atoms with Crippen LogP contribution in [0.3, 0.4) is 0 Å². The topological polar surface area (TPSA) is 72.2 Å². The van der Waals surface area contributed by atoms with Crippen molar-refractivity contribution in [1.82, 2.24) is 5.32 Å². The van der Waals surface area contributed by atoms with Crippen LogP contribution >= 0.6 is 11.6 Å². The molecule has 0 amide bonds. The first-order valence-corrected chi connectivity index (χ1v) is 6.12. The van der Waals surface area contributed by atoms with Crippen molar-refractivity contribution in [2.24, 2.45) is 5.92 Å². The second-order valence-corrected chi connectivity index (χ2v) is 4.79. The molecule has 1 N–H and O–H groups in total. The number of carbonyl (C=O) groups excluding carboxylic acids is 1. The fourth-order valence-electron chi connectivity index (χ4n) is 2.15. The van der Waals surface area contributed by atoms with Crippen LogP contribution < -0.4 is 5.32 Å². The molecule has 96 valence electrons. The molecule has 1 aromatic rings. The summed E-state index contributed by atoms with van der Waals surface area (Å²) in [5, 5.41) is 14.5. The number of Topliss-reactive ketones (excluding diaryl/α,β-unsaturated/α-hetero) is 1. The SMILES string of the molecule is O=C1CCNCC1Cc1cc(Cl)ccc1[N+](=O)[O-]. The van der Waals surface area contributed by atoms with Crippen LogP contribution in [0.2, 0.25) is 5.02 Å². The van der Waals surface area contributed by atoms with E-state index < -0.39 is 4.92 Å². The molecule has 5 nitrogen and oxygen atoms in total. The summed E-state index contributed by atoms with van der Waals surface area (Å²) >= 11 is 5.85. The number of piperidine rings is 1. The molecule has 1 unspecified atom stereocenters. The van der Waals surface area contributed by atoms with Crippen LogP contribution in [0, 0.1) is 16.0 Å². The van der Waals surface area contributed by atoms with E-state index in [1.165, 1.54) is 12.1 Å². The van der Waals surface area contributed by atoms with Crippen molar-refractivity contribution < 1.29 is 9.72 Å². The van der Waals surface area contributed by atoms with E-state index in [1.807, 2.05) is 0 Å². The maximum atomic E-state index is 11.7. The van der Waals surface area contributed by atoms with E-state index in [0.29, 0.717) is 36.5 Å². The van der Waals surface area contributed by atoms with Crippen molar-refractivity contribution in [3.8, 4) is 0 Å². The Morgan fingerprint density at radius 3 is 2.94 bits per heavy atom. The van der Waals surface area contributed by atoms with E-state index in [4.69, 9.17) is 11.6 Å². The van der Waals surface area contributed by atoms with E-state index in [2.05, 4.69) is 5.32 Å². The predicted octanol–water partition coefficient (Wildman–Crippen LogP) is 1.97. The number of nitrogens with zero attached hydrogens (tertiary/aromatic N) is 1. The number of hydrogen-bond acceptors (Lipinski definition) is 4. The first-order chi connectivity index (χ1) is 8.58. The Balaban J connectivity index is 2.24. The van der Waals surface area contributed by atoms with Crippen LogP contribution in [0.1, 0.15) is 12.0 Å². The summed E-state index contributed by atoms with van der Waals surface area (Å²) < 4.78 is 0. The smallest absolute Gasteiger partial charge is 0.272 e. The highest BCUT2D eigenvalue weighted by Crippen LogP contribution is 2.26. The number of nitro benzene ring substituents is 1. The van der Waals surface area contributed by atoms with E-state index in [9.17, 15) is 14.9 Å². The number of hydrogen-bond donors (Lipinski definition) is 1. The van der Waals surface area contributed by atoms with Gasteiger partial charge in [0.15, 0.2) is 0 Å². The van der Waals surface area contributed by atoms with E-state index >= 15 is 0 Å². The maximum Gasteiger partial charge on any atom is 0.272 e. The van der Waals surface area contributed by atoms with Gasteiger partial charge in [-0.05, 0) is 18.6 Å². The van der Waals surface area contributed by atoms with Crippen LogP contribution in [0.4, 0.5) is 5.69 Å². The Morgan fingerprint density at radius 2 is 2.28 bits per heavy atom. The molecule has 0 bridgehead atoms.